The van der Waals surface area contributed by atoms with Gasteiger partial charge in [0, 0.05) is 32.2 Å². The van der Waals surface area contributed by atoms with E-state index in [-0.39, 0.29) is 12.4 Å². The molecule has 0 radical (unpaired) electrons. The van der Waals surface area contributed by atoms with E-state index >= 15 is 0 Å². The normalized spacial score (nSPS) is 11.6. The van der Waals surface area contributed by atoms with E-state index in [0.29, 0.717) is 28.1 Å². The van der Waals surface area contributed by atoms with Crippen LogP contribution >= 0.6 is 0 Å². The predicted molar refractivity (Wildman–Crippen MR) is 95.5 cm³/mol. The highest BCUT2D eigenvalue weighted by atomic mass is 28.3. The second kappa shape index (κ2) is 7.75. The van der Waals surface area contributed by atoms with Gasteiger partial charge in [-0.15, -0.1) is 0 Å². The number of methoxy groups -OCH3 is 1. The minimum atomic E-state index is -1.19. The molecule has 0 aliphatic rings. The lowest BCUT2D eigenvalue weighted by atomic mass is 10.2. The van der Waals surface area contributed by atoms with Crippen molar-refractivity contribution in [3.8, 4) is 0 Å². The molecule has 8 nitrogen and oxygen atoms in total. The summed E-state index contributed by atoms with van der Waals surface area (Å²) in [6, 6.07) is 5.84. The van der Waals surface area contributed by atoms with Crippen LogP contribution < -0.4 is 0 Å². The Hall–Kier alpha value is -2.26. The molecular formula is C16H24N3O5Si+. The van der Waals surface area contributed by atoms with Gasteiger partial charge in [0.05, 0.1) is 17.5 Å². The number of rotatable bonds is 8. The maximum absolute atomic E-state index is 11.9. The summed E-state index contributed by atoms with van der Waals surface area (Å²) in [6.45, 7) is 7.63. The summed E-state index contributed by atoms with van der Waals surface area (Å²) in [7, 11) is 1.40. The van der Waals surface area contributed by atoms with Crippen LogP contribution in [0.15, 0.2) is 18.2 Å². The summed E-state index contributed by atoms with van der Waals surface area (Å²) in [5, 5.41) is 4.88. The molecule has 1 heterocycles. The van der Waals surface area contributed by atoms with E-state index in [4.69, 9.17) is 9.47 Å². The number of ether oxygens (including phenoxy) is 2. The standard InChI is InChI=1S/C16H24N3O5Si/c1-22-16(20)15-13-7-6-12(19(21)23-2)10-14(13)18(17-15)11-24-8-9-25(3,4)5/h6-7,10H,8-9,11H2,1-5H3/q+1. The molecule has 0 aliphatic carbocycles. The van der Waals surface area contributed by atoms with Gasteiger partial charge in [-0.3, -0.25) is 0 Å². The van der Waals surface area contributed by atoms with Gasteiger partial charge in [0.15, 0.2) is 12.8 Å². The lowest BCUT2D eigenvalue weighted by Crippen LogP contribution is -2.22. The first-order valence-electron chi connectivity index (χ1n) is 7.95. The summed E-state index contributed by atoms with van der Waals surface area (Å²) in [4.78, 5) is 28.7. The second-order valence-corrected chi connectivity index (χ2v) is 12.5. The maximum atomic E-state index is 11.9. The third-order valence-electron chi connectivity index (χ3n) is 3.70. The first-order valence-corrected chi connectivity index (χ1v) is 11.7. The first kappa shape index (κ1) is 19.1. The van der Waals surface area contributed by atoms with Gasteiger partial charge in [-0.2, -0.15) is 5.10 Å². The lowest BCUT2D eigenvalue weighted by Gasteiger charge is -2.15. The van der Waals surface area contributed by atoms with Crippen LogP contribution in [0.2, 0.25) is 25.7 Å². The average molecular weight is 366 g/mol. The molecule has 2 rings (SSSR count). The summed E-state index contributed by atoms with van der Waals surface area (Å²) in [6.07, 6.45) is 0. The van der Waals surface area contributed by atoms with Crippen LogP contribution in [0.25, 0.3) is 10.9 Å². The van der Waals surface area contributed by atoms with Crippen LogP contribution in [0, 0.1) is 4.91 Å². The Balaban J connectivity index is 2.32. The molecule has 0 amide bonds. The van der Waals surface area contributed by atoms with Crippen molar-refractivity contribution in [3.63, 3.8) is 0 Å². The maximum Gasteiger partial charge on any atom is 0.359 e. The number of fused-ring (bicyclic) bond motifs is 1. The Morgan fingerprint density at radius 1 is 1.28 bits per heavy atom. The van der Waals surface area contributed by atoms with Gasteiger partial charge in [0.2, 0.25) is 0 Å². The van der Waals surface area contributed by atoms with Gasteiger partial charge in [0.25, 0.3) is 4.92 Å². The highest BCUT2D eigenvalue weighted by molar-refractivity contribution is 6.76. The van der Waals surface area contributed by atoms with Crippen LogP contribution in [0.3, 0.4) is 0 Å². The molecule has 0 N–H and O–H groups in total. The molecule has 0 unspecified atom stereocenters. The topological polar surface area (TPSA) is 82.7 Å². The van der Waals surface area contributed by atoms with Crippen molar-refractivity contribution in [2.45, 2.75) is 32.4 Å². The number of esters is 1. The summed E-state index contributed by atoms with van der Waals surface area (Å²) < 4.78 is 12.1. The fourth-order valence-electron chi connectivity index (χ4n) is 2.26. The summed E-state index contributed by atoms with van der Waals surface area (Å²) >= 11 is 0. The summed E-state index contributed by atoms with van der Waals surface area (Å²) in [5.41, 5.74) is 1.09. The van der Waals surface area contributed by atoms with E-state index in [2.05, 4.69) is 29.6 Å². The van der Waals surface area contributed by atoms with Crippen LogP contribution in [0.1, 0.15) is 10.5 Å². The second-order valence-electron chi connectivity index (χ2n) is 6.83. The number of hydrogen-bond acceptors (Lipinski definition) is 6. The molecule has 0 aliphatic heterocycles. The monoisotopic (exact) mass is 366 g/mol. The van der Waals surface area contributed by atoms with Crippen molar-refractivity contribution >= 4 is 30.6 Å². The van der Waals surface area contributed by atoms with Gasteiger partial charge in [0.1, 0.15) is 6.73 Å². The minimum absolute atomic E-state index is 0.188. The molecular weight excluding hydrogens is 342 g/mol. The molecule has 0 spiro atoms. The average Bonchev–Trinajstić information content (AvgIpc) is 2.94. The predicted octanol–water partition coefficient (Wildman–Crippen LogP) is 3.11. The highest BCUT2D eigenvalue weighted by Gasteiger charge is 2.22. The zero-order valence-electron chi connectivity index (χ0n) is 15.2. The third-order valence-corrected chi connectivity index (χ3v) is 5.40. The van der Waals surface area contributed by atoms with Crippen molar-refractivity contribution in [1.82, 2.24) is 9.78 Å². The molecule has 136 valence electrons. The molecule has 25 heavy (non-hydrogen) atoms. The smallest absolute Gasteiger partial charge is 0.359 e. The lowest BCUT2D eigenvalue weighted by molar-refractivity contribution is -0.736. The molecule has 9 heteroatoms. The van der Waals surface area contributed by atoms with Crippen LogP contribution in [0.4, 0.5) is 5.69 Å². The number of nitrogens with zero attached hydrogens (tertiary/aromatic N) is 3. The molecule has 0 fully saturated rings. The van der Waals surface area contributed by atoms with E-state index in [1.807, 2.05) is 0 Å². The Kier molecular flexibility index (Phi) is 5.91. The van der Waals surface area contributed by atoms with Crippen LogP contribution in [-0.2, 0) is 21.0 Å². The van der Waals surface area contributed by atoms with E-state index in [1.54, 1.807) is 22.9 Å². The Morgan fingerprint density at radius 3 is 2.60 bits per heavy atom. The fourth-order valence-corrected chi connectivity index (χ4v) is 3.01. The van der Waals surface area contributed by atoms with Crippen LogP contribution in [-0.4, -0.2) is 49.6 Å². The number of carbonyl (C=O) groups is 1. The largest absolute Gasteiger partial charge is 0.464 e. The molecule has 0 atom stereocenters. The SMILES string of the molecule is COC(=O)c1nn(COCC[Si](C)(C)C)c2cc([N+](=O)OC)ccc12. The van der Waals surface area contributed by atoms with Gasteiger partial charge in [-0.25, -0.2) is 14.3 Å². The Bertz CT molecular complexity index is 782. The number of benzene rings is 1. The van der Waals surface area contributed by atoms with Gasteiger partial charge < -0.3 is 9.47 Å². The minimum Gasteiger partial charge on any atom is -0.464 e. The molecule has 0 bridgehead atoms. The molecule has 1 aromatic carbocycles. The van der Waals surface area contributed by atoms with E-state index < -0.39 is 14.0 Å². The Labute approximate surface area is 147 Å². The molecule has 1 aromatic heterocycles. The highest BCUT2D eigenvalue weighted by Crippen LogP contribution is 2.25. The molecule has 0 saturated heterocycles. The molecule has 0 saturated carbocycles. The number of aromatic nitrogens is 2. The quantitative estimate of drug-likeness (QED) is 0.309. The zero-order chi connectivity index (χ0) is 18.6. The molecule has 2 aromatic rings. The fraction of sp³-hybridized carbons (Fsp3) is 0.500. The van der Waals surface area contributed by atoms with E-state index in [9.17, 15) is 9.70 Å². The van der Waals surface area contributed by atoms with Crippen molar-refractivity contribution in [1.29, 1.82) is 0 Å². The summed E-state index contributed by atoms with van der Waals surface area (Å²) in [5.74, 6) is -0.538. The first-order chi connectivity index (χ1) is 11.8. The van der Waals surface area contributed by atoms with Crippen molar-refractivity contribution in [2.24, 2.45) is 0 Å². The van der Waals surface area contributed by atoms with Crippen molar-refractivity contribution in [3.05, 3.63) is 28.8 Å². The van der Waals surface area contributed by atoms with Gasteiger partial charge >= 0.3 is 11.7 Å². The van der Waals surface area contributed by atoms with Gasteiger partial charge in [-0.1, -0.05) is 19.6 Å². The Morgan fingerprint density at radius 2 is 2.00 bits per heavy atom. The van der Waals surface area contributed by atoms with E-state index in [1.165, 1.54) is 14.2 Å². The van der Waals surface area contributed by atoms with E-state index in [0.717, 1.165) is 6.04 Å². The third kappa shape index (κ3) is 4.64. The number of carbonyl (C=O) groups excluding carboxylic acids is 1. The number of hydrogen-bond donors (Lipinski definition) is 0. The van der Waals surface area contributed by atoms with Crippen molar-refractivity contribution < 1.29 is 24.0 Å². The van der Waals surface area contributed by atoms with Gasteiger partial charge in [-0.05, 0) is 12.1 Å². The van der Waals surface area contributed by atoms with Crippen molar-refractivity contribution in [2.75, 3.05) is 20.8 Å². The zero-order valence-corrected chi connectivity index (χ0v) is 16.2. The van der Waals surface area contributed by atoms with Crippen LogP contribution in [0.5, 0.6) is 0 Å².